The van der Waals surface area contributed by atoms with Crippen LogP contribution in [0, 0.1) is 19.7 Å². The van der Waals surface area contributed by atoms with Crippen molar-refractivity contribution in [3.63, 3.8) is 0 Å². The number of halogens is 1. The van der Waals surface area contributed by atoms with E-state index in [9.17, 15) is 9.18 Å². The molecule has 0 fully saturated rings. The van der Waals surface area contributed by atoms with Crippen molar-refractivity contribution >= 4 is 28.0 Å². The molecule has 1 amide bonds. The Morgan fingerprint density at radius 1 is 1.03 bits per heavy atom. The fourth-order valence-corrected chi connectivity index (χ4v) is 4.82. The summed E-state index contributed by atoms with van der Waals surface area (Å²) in [6.07, 6.45) is 3.06. The Balaban J connectivity index is 1.43. The minimum absolute atomic E-state index is 0.108. The lowest BCUT2D eigenvalue weighted by molar-refractivity contribution is -0.115. The molecule has 0 unspecified atom stereocenters. The molecule has 35 heavy (non-hydrogen) atoms. The third-order valence-corrected chi connectivity index (χ3v) is 6.79. The zero-order chi connectivity index (χ0) is 24.5. The van der Waals surface area contributed by atoms with E-state index in [1.165, 1.54) is 23.0 Å². The maximum absolute atomic E-state index is 13.9. The van der Waals surface area contributed by atoms with Gasteiger partial charge in [-0.15, -0.1) is 11.3 Å². The molecule has 3 aromatic heterocycles. The number of amides is 1. The van der Waals surface area contributed by atoms with Crippen LogP contribution in [-0.2, 0) is 17.6 Å². The third kappa shape index (κ3) is 4.72. The molecule has 5 nitrogen and oxygen atoms in total. The number of nitrogens with one attached hydrogen (secondary N) is 1. The minimum Gasteiger partial charge on any atom is -0.303 e. The van der Waals surface area contributed by atoms with Crippen LogP contribution in [0.25, 0.3) is 28.2 Å². The molecule has 5 aromatic rings. The largest absolute Gasteiger partial charge is 0.303 e. The van der Waals surface area contributed by atoms with Crippen molar-refractivity contribution in [2.45, 2.75) is 33.6 Å². The van der Waals surface area contributed by atoms with Gasteiger partial charge in [0.25, 0.3) is 0 Å². The van der Waals surface area contributed by atoms with E-state index in [0.717, 1.165) is 40.1 Å². The van der Waals surface area contributed by atoms with Crippen molar-refractivity contribution in [2.75, 3.05) is 5.32 Å². The maximum Gasteiger partial charge on any atom is 0.232 e. The molecule has 0 aliphatic rings. The van der Waals surface area contributed by atoms with Gasteiger partial charge in [0.1, 0.15) is 11.5 Å². The highest BCUT2D eigenvalue weighted by Gasteiger charge is 2.19. The topological polar surface area (TPSA) is 59.3 Å². The molecule has 176 valence electrons. The summed E-state index contributed by atoms with van der Waals surface area (Å²) in [5, 5.41) is 5.43. The number of benzene rings is 2. The van der Waals surface area contributed by atoms with Crippen LogP contribution in [-0.4, -0.2) is 20.3 Å². The summed E-state index contributed by atoms with van der Waals surface area (Å²) in [5.41, 5.74) is 7.65. The first kappa shape index (κ1) is 22.9. The fraction of sp³-hybridized carbons (Fsp3) is 0.179. The van der Waals surface area contributed by atoms with E-state index >= 15 is 0 Å². The van der Waals surface area contributed by atoms with Crippen molar-refractivity contribution in [2.24, 2.45) is 0 Å². The van der Waals surface area contributed by atoms with E-state index in [1.54, 1.807) is 19.1 Å². The zero-order valence-corrected chi connectivity index (χ0v) is 20.6. The molecule has 0 aliphatic carbocycles. The molecular weight excluding hydrogens is 459 g/mol. The molecule has 1 N–H and O–H groups in total. The second kappa shape index (κ2) is 9.43. The van der Waals surface area contributed by atoms with Gasteiger partial charge in [-0.05, 0) is 61.2 Å². The number of hydrogen-bond acceptors (Lipinski definition) is 4. The van der Waals surface area contributed by atoms with E-state index in [4.69, 9.17) is 4.98 Å². The lowest BCUT2D eigenvalue weighted by Crippen LogP contribution is -2.16. The number of hydrogen-bond donors (Lipinski definition) is 1. The molecule has 3 heterocycles. The van der Waals surface area contributed by atoms with Crippen LogP contribution in [0.3, 0.4) is 0 Å². The third-order valence-electron chi connectivity index (χ3n) is 6.03. The van der Waals surface area contributed by atoms with Gasteiger partial charge in [0.05, 0.1) is 23.5 Å². The van der Waals surface area contributed by atoms with Crippen LogP contribution in [0.5, 0.6) is 0 Å². The van der Waals surface area contributed by atoms with Gasteiger partial charge < -0.3 is 9.72 Å². The molecule has 0 radical (unpaired) electrons. The van der Waals surface area contributed by atoms with Crippen LogP contribution in [0.4, 0.5) is 9.52 Å². The number of fused-ring (bicyclic) bond motifs is 1. The van der Waals surface area contributed by atoms with Crippen LogP contribution in [0.2, 0.25) is 0 Å². The molecule has 0 saturated heterocycles. The normalized spacial score (nSPS) is 11.2. The van der Waals surface area contributed by atoms with E-state index in [0.29, 0.717) is 16.4 Å². The van der Waals surface area contributed by atoms with Gasteiger partial charge in [0.2, 0.25) is 5.91 Å². The molecule has 0 atom stereocenters. The average Bonchev–Trinajstić information content (AvgIpc) is 3.46. The number of aryl methyl sites for hydroxylation is 3. The lowest BCUT2D eigenvalue weighted by Gasteiger charge is -2.07. The second-order valence-electron chi connectivity index (χ2n) is 8.62. The SMILES string of the molecule is CCc1ccc(-c2csc(NC(=O)Cc3c(-c4ccc(F)c(C)c4)nc4ccc(C)cn34)n2)cc1. The molecule has 0 bridgehead atoms. The molecule has 2 aromatic carbocycles. The van der Waals surface area contributed by atoms with Gasteiger partial charge in [-0.2, -0.15) is 0 Å². The first-order valence-corrected chi connectivity index (χ1v) is 12.4. The predicted octanol–water partition coefficient (Wildman–Crippen LogP) is 6.62. The highest BCUT2D eigenvalue weighted by molar-refractivity contribution is 7.14. The summed E-state index contributed by atoms with van der Waals surface area (Å²) in [5.74, 6) is -0.452. The number of imidazole rings is 1. The van der Waals surface area contributed by atoms with Gasteiger partial charge in [-0.3, -0.25) is 4.79 Å². The predicted molar refractivity (Wildman–Crippen MR) is 139 cm³/mol. The highest BCUT2D eigenvalue weighted by atomic mass is 32.1. The molecule has 0 aliphatic heterocycles. The van der Waals surface area contributed by atoms with Crippen LogP contribution >= 0.6 is 11.3 Å². The molecule has 5 rings (SSSR count). The Morgan fingerprint density at radius 3 is 2.54 bits per heavy atom. The van der Waals surface area contributed by atoms with Crippen molar-refractivity contribution in [1.29, 1.82) is 0 Å². The van der Waals surface area contributed by atoms with Crippen molar-refractivity contribution in [3.05, 3.63) is 94.4 Å². The van der Waals surface area contributed by atoms with Crippen LogP contribution in [0.1, 0.15) is 29.3 Å². The number of aromatic nitrogens is 3. The summed E-state index contributed by atoms with van der Waals surface area (Å²) in [6, 6.07) is 17.1. The first-order valence-electron chi connectivity index (χ1n) is 11.5. The lowest BCUT2D eigenvalue weighted by atomic mass is 10.1. The van der Waals surface area contributed by atoms with E-state index in [2.05, 4.69) is 41.5 Å². The Labute approximate surface area is 207 Å². The number of nitrogens with zero attached hydrogens (tertiary/aromatic N) is 3. The van der Waals surface area contributed by atoms with Crippen molar-refractivity contribution < 1.29 is 9.18 Å². The van der Waals surface area contributed by atoms with E-state index in [-0.39, 0.29) is 18.1 Å². The van der Waals surface area contributed by atoms with Gasteiger partial charge in [0.15, 0.2) is 5.13 Å². The number of carbonyl (C=O) groups excluding carboxylic acids is 1. The summed E-state index contributed by atoms with van der Waals surface area (Å²) in [6.45, 7) is 5.84. The fourth-order valence-electron chi connectivity index (χ4n) is 4.08. The van der Waals surface area contributed by atoms with Crippen LogP contribution < -0.4 is 5.32 Å². The quantitative estimate of drug-likeness (QED) is 0.294. The van der Waals surface area contributed by atoms with Gasteiger partial charge in [0, 0.05) is 22.7 Å². The molecule has 0 spiro atoms. The first-order chi connectivity index (χ1) is 16.9. The second-order valence-corrected chi connectivity index (χ2v) is 9.48. The van der Waals surface area contributed by atoms with Gasteiger partial charge >= 0.3 is 0 Å². The summed E-state index contributed by atoms with van der Waals surface area (Å²) >= 11 is 1.40. The number of carbonyl (C=O) groups is 1. The Bertz CT molecular complexity index is 1530. The standard InChI is InChI=1S/C28H25FN4OS/c1-4-19-6-8-20(9-7-19)23-16-35-28(30-23)32-26(34)14-24-27(21-10-11-22(29)18(3)13-21)31-25-12-5-17(2)15-33(24)25/h5-13,15-16H,4,14H2,1-3H3,(H,30,32,34). The number of pyridine rings is 1. The average molecular weight is 485 g/mol. The number of thiazole rings is 1. The summed E-state index contributed by atoms with van der Waals surface area (Å²) < 4.78 is 15.8. The monoisotopic (exact) mass is 484 g/mol. The minimum atomic E-state index is -0.267. The van der Waals surface area contributed by atoms with Crippen LogP contribution in [0.15, 0.2) is 66.2 Å². The van der Waals surface area contributed by atoms with Crippen molar-refractivity contribution in [3.8, 4) is 22.5 Å². The Morgan fingerprint density at radius 2 is 1.80 bits per heavy atom. The number of anilines is 1. The van der Waals surface area contributed by atoms with Crippen molar-refractivity contribution in [1.82, 2.24) is 14.4 Å². The molecule has 0 saturated carbocycles. The summed E-state index contributed by atoms with van der Waals surface area (Å²) in [4.78, 5) is 22.5. The smallest absolute Gasteiger partial charge is 0.232 e. The molecular formula is C28H25FN4OS. The molecule has 7 heteroatoms. The zero-order valence-electron chi connectivity index (χ0n) is 19.8. The number of rotatable bonds is 6. The Hall–Kier alpha value is -3.84. The van der Waals surface area contributed by atoms with E-state index in [1.807, 2.05) is 35.0 Å². The van der Waals surface area contributed by atoms with Gasteiger partial charge in [-0.1, -0.05) is 37.3 Å². The maximum atomic E-state index is 13.9. The highest BCUT2D eigenvalue weighted by Crippen LogP contribution is 2.29. The van der Waals surface area contributed by atoms with E-state index < -0.39 is 0 Å². The Kier molecular flexibility index (Phi) is 6.17. The van der Waals surface area contributed by atoms with Gasteiger partial charge in [-0.25, -0.2) is 14.4 Å². The summed E-state index contributed by atoms with van der Waals surface area (Å²) in [7, 11) is 0.